The molecule has 13 heteroatoms. The molecule has 2 saturated heterocycles. The van der Waals surface area contributed by atoms with E-state index in [9.17, 15) is 14.4 Å². The molecule has 0 saturated carbocycles. The number of benzene rings is 1. The van der Waals surface area contributed by atoms with Crippen molar-refractivity contribution in [3.8, 4) is 12.3 Å². The molecule has 2 aromatic heterocycles. The fourth-order valence-corrected chi connectivity index (χ4v) is 6.62. The van der Waals surface area contributed by atoms with Crippen LogP contribution in [0, 0.1) is 12.3 Å². The van der Waals surface area contributed by atoms with Crippen LogP contribution in [0.15, 0.2) is 42.9 Å². The predicted molar refractivity (Wildman–Crippen MR) is 169 cm³/mol. The highest BCUT2D eigenvalue weighted by molar-refractivity contribution is 8.00. The minimum absolute atomic E-state index is 0.0902. The number of aromatic nitrogens is 3. The number of imide groups is 1. The molecule has 4 heterocycles. The number of hydrogen-bond acceptors (Lipinski definition) is 10. The third kappa shape index (κ3) is 6.78. The number of terminal acetylenes is 1. The Bertz CT molecular complexity index is 1640. The molecule has 1 aromatic carbocycles. The maximum absolute atomic E-state index is 13.5. The van der Waals surface area contributed by atoms with Crippen molar-refractivity contribution in [2.75, 3.05) is 4.90 Å². The number of hydrogen-bond donors (Lipinski definition) is 1. The maximum atomic E-state index is 13.5. The Balaban J connectivity index is 1.58. The monoisotopic (exact) mass is 635 g/mol. The van der Waals surface area contributed by atoms with Gasteiger partial charge < -0.3 is 28.8 Å². The molecule has 238 valence electrons. The van der Waals surface area contributed by atoms with Crippen LogP contribution in [0.1, 0.15) is 76.7 Å². The molecule has 2 aliphatic heterocycles. The average molecular weight is 636 g/mol. The van der Waals surface area contributed by atoms with Crippen LogP contribution in [-0.4, -0.2) is 67.2 Å². The van der Waals surface area contributed by atoms with E-state index < -0.39 is 52.1 Å². The first-order valence-electron chi connectivity index (χ1n) is 14.4. The second-order valence-corrected chi connectivity index (χ2v) is 14.4. The topological polar surface area (TPSA) is 134 Å². The summed E-state index contributed by atoms with van der Waals surface area (Å²) in [6.07, 6.45) is 5.91. The Labute approximate surface area is 266 Å². The van der Waals surface area contributed by atoms with Gasteiger partial charge in [0.2, 0.25) is 0 Å². The zero-order chi connectivity index (χ0) is 32.9. The van der Waals surface area contributed by atoms with Gasteiger partial charge in [-0.25, -0.2) is 19.6 Å². The van der Waals surface area contributed by atoms with Crippen molar-refractivity contribution in [1.29, 1.82) is 0 Å². The summed E-state index contributed by atoms with van der Waals surface area (Å²) in [5, 5.41) is 2.39. The number of fused-ring (bicyclic) bond motifs is 2. The molecule has 2 aliphatic rings. The number of nitrogens with one attached hydrogen (secondary N) is 1. The number of amides is 3. The summed E-state index contributed by atoms with van der Waals surface area (Å²) in [6, 6.07) is 8.90. The van der Waals surface area contributed by atoms with E-state index in [0.717, 1.165) is 4.90 Å². The highest BCUT2D eigenvalue weighted by Gasteiger charge is 2.56. The number of rotatable bonds is 4. The van der Waals surface area contributed by atoms with Crippen LogP contribution in [0.2, 0.25) is 0 Å². The quantitative estimate of drug-likeness (QED) is 0.361. The molecule has 2 fully saturated rings. The van der Waals surface area contributed by atoms with Gasteiger partial charge in [0.15, 0.2) is 11.6 Å². The standard InChI is InChI=1S/C32H37N5O7S/c1-10-18-16-36(27-22-21(41-32(8,9)42-22)26(45-27)35-25(38)19-14-12-11-13-15-19)23-20(18)24(34-17-33-23)37(28(39)43-30(2,3)4)29(40)44-31(5,6)7/h1,11-17,21-22,26-27H,2-9H3,(H,35,38)/t21-,22+,26?,27+/m0/s1. The molecule has 0 spiro atoms. The normalized spacial score (nSPS) is 22.4. The second kappa shape index (κ2) is 11.7. The van der Waals surface area contributed by atoms with E-state index in [4.69, 9.17) is 25.4 Å². The first-order valence-corrected chi connectivity index (χ1v) is 15.4. The largest absolute Gasteiger partial charge is 0.443 e. The molecule has 0 aliphatic carbocycles. The third-order valence-corrected chi connectivity index (χ3v) is 8.17. The van der Waals surface area contributed by atoms with Gasteiger partial charge in [-0.2, -0.15) is 4.90 Å². The molecule has 5 rings (SSSR count). The SMILES string of the molecule is C#Cc1cn([C@@H]2SC(NC(=O)c3ccccc3)[C@H]3OC(C)(C)O[C@H]32)c2ncnc(N(C(=O)OC(C)(C)C)C(=O)OC(C)(C)C)c12. The van der Waals surface area contributed by atoms with E-state index in [0.29, 0.717) is 16.8 Å². The van der Waals surface area contributed by atoms with Crippen molar-refractivity contribution < 1.29 is 33.3 Å². The first kappa shape index (κ1) is 32.3. The smallest absolute Gasteiger partial charge is 0.425 e. The van der Waals surface area contributed by atoms with Gasteiger partial charge in [0.25, 0.3) is 5.91 Å². The van der Waals surface area contributed by atoms with Gasteiger partial charge in [-0.05, 0) is 67.5 Å². The Hall–Kier alpha value is -4.12. The first-order chi connectivity index (χ1) is 21.0. The van der Waals surface area contributed by atoms with Gasteiger partial charge >= 0.3 is 12.2 Å². The number of thioether (sulfide) groups is 1. The van der Waals surface area contributed by atoms with Gasteiger partial charge in [-0.1, -0.05) is 24.1 Å². The van der Waals surface area contributed by atoms with Gasteiger partial charge in [0.1, 0.15) is 46.1 Å². The molecule has 3 aromatic rings. The van der Waals surface area contributed by atoms with E-state index in [1.807, 2.05) is 19.9 Å². The number of anilines is 1. The van der Waals surface area contributed by atoms with Crippen LogP contribution in [0.4, 0.5) is 15.4 Å². The summed E-state index contributed by atoms with van der Waals surface area (Å²) in [4.78, 5) is 49.7. The average Bonchev–Trinajstić information content (AvgIpc) is 3.56. The number of nitrogens with zero attached hydrogens (tertiary/aromatic N) is 4. The predicted octanol–water partition coefficient (Wildman–Crippen LogP) is 5.61. The van der Waals surface area contributed by atoms with Crippen molar-refractivity contribution in [2.45, 2.75) is 95.3 Å². The Kier molecular flexibility index (Phi) is 8.37. The molecule has 3 amide bonds. The molecular weight excluding hydrogens is 598 g/mol. The Morgan fingerprint density at radius 2 is 1.60 bits per heavy atom. The van der Waals surface area contributed by atoms with E-state index >= 15 is 0 Å². The lowest BCUT2D eigenvalue weighted by Gasteiger charge is -2.28. The lowest BCUT2D eigenvalue weighted by Crippen LogP contribution is -2.44. The zero-order valence-corrected chi connectivity index (χ0v) is 27.3. The molecule has 1 unspecified atom stereocenters. The molecule has 1 N–H and O–H groups in total. The number of carbonyl (C=O) groups excluding carboxylic acids is 3. The van der Waals surface area contributed by atoms with Crippen LogP contribution >= 0.6 is 11.8 Å². The van der Waals surface area contributed by atoms with Crippen molar-refractivity contribution in [2.24, 2.45) is 0 Å². The molecule has 0 bridgehead atoms. The summed E-state index contributed by atoms with van der Waals surface area (Å²) in [7, 11) is 0. The van der Waals surface area contributed by atoms with Crippen molar-refractivity contribution in [3.05, 3.63) is 54.0 Å². The molecule has 12 nitrogen and oxygen atoms in total. The van der Waals surface area contributed by atoms with Gasteiger partial charge in [-0.15, -0.1) is 18.2 Å². The Morgan fingerprint density at radius 1 is 1.00 bits per heavy atom. The van der Waals surface area contributed by atoms with E-state index in [1.165, 1.54) is 18.1 Å². The molecule has 4 atom stereocenters. The summed E-state index contributed by atoms with van der Waals surface area (Å²) in [5.74, 6) is 1.37. The summed E-state index contributed by atoms with van der Waals surface area (Å²) < 4.78 is 25.6. The highest BCUT2D eigenvalue weighted by atomic mass is 32.2. The fourth-order valence-electron chi connectivity index (χ4n) is 5.12. The van der Waals surface area contributed by atoms with E-state index in [1.54, 1.807) is 76.6 Å². The van der Waals surface area contributed by atoms with Crippen LogP contribution < -0.4 is 10.2 Å². The van der Waals surface area contributed by atoms with Crippen LogP contribution in [0.3, 0.4) is 0 Å². The van der Waals surface area contributed by atoms with E-state index in [-0.39, 0.29) is 17.1 Å². The van der Waals surface area contributed by atoms with Gasteiger partial charge in [0, 0.05) is 11.8 Å². The second-order valence-electron chi connectivity index (χ2n) is 13.1. The minimum atomic E-state index is -0.985. The van der Waals surface area contributed by atoms with Gasteiger partial charge in [-0.3, -0.25) is 4.79 Å². The highest BCUT2D eigenvalue weighted by Crippen LogP contribution is 2.51. The summed E-state index contributed by atoms with van der Waals surface area (Å²) in [5.41, 5.74) is -0.675. The number of carbonyl (C=O) groups is 3. The lowest BCUT2D eigenvalue weighted by atomic mass is 10.1. The Morgan fingerprint density at radius 3 is 2.18 bits per heavy atom. The summed E-state index contributed by atoms with van der Waals surface area (Å²) in [6.45, 7) is 13.7. The van der Waals surface area contributed by atoms with Crippen molar-refractivity contribution in [3.63, 3.8) is 0 Å². The molecule has 0 radical (unpaired) electrons. The van der Waals surface area contributed by atoms with Crippen LogP contribution in [0.5, 0.6) is 0 Å². The maximum Gasteiger partial charge on any atom is 0.425 e. The van der Waals surface area contributed by atoms with Crippen LogP contribution in [0.25, 0.3) is 11.0 Å². The van der Waals surface area contributed by atoms with Crippen molar-refractivity contribution in [1.82, 2.24) is 19.9 Å². The van der Waals surface area contributed by atoms with Crippen LogP contribution in [-0.2, 0) is 18.9 Å². The third-order valence-electron chi connectivity index (χ3n) is 6.72. The summed E-state index contributed by atoms with van der Waals surface area (Å²) >= 11 is 1.42. The lowest BCUT2D eigenvalue weighted by molar-refractivity contribution is -0.149. The van der Waals surface area contributed by atoms with Gasteiger partial charge in [0.05, 0.1) is 10.9 Å². The fraction of sp³-hybridized carbons (Fsp3) is 0.469. The molecular formula is C32H37N5O7S. The van der Waals surface area contributed by atoms with Crippen molar-refractivity contribution >= 4 is 46.7 Å². The van der Waals surface area contributed by atoms with E-state index in [2.05, 4.69) is 21.2 Å². The minimum Gasteiger partial charge on any atom is -0.443 e. The molecule has 45 heavy (non-hydrogen) atoms. The number of ether oxygens (including phenoxy) is 4. The zero-order valence-electron chi connectivity index (χ0n) is 26.5.